The second-order valence-corrected chi connectivity index (χ2v) is 3.89. The van der Waals surface area contributed by atoms with Gasteiger partial charge in [0.2, 0.25) is 5.91 Å². The molecule has 0 radical (unpaired) electrons. The number of nitrogens with one attached hydrogen (secondary N) is 1. The Kier molecular flexibility index (Phi) is 5.23. The monoisotopic (exact) mass is 269 g/mol. The van der Waals surface area contributed by atoms with Crippen molar-refractivity contribution in [3.05, 3.63) is 34.1 Å². The molecule has 104 valence electrons. The van der Waals surface area contributed by atoms with Crippen molar-refractivity contribution >= 4 is 17.3 Å². The summed E-state index contributed by atoms with van der Waals surface area (Å²) in [5.41, 5.74) is -0.00944. The van der Waals surface area contributed by atoms with E-state index < -0.39 is 10.7 Å². The lowest BCUT2D eigenvalue weighted by molar-refractivity contribution is -0.385. The molecule has 0 unspecified atom stereocenters. The van der Waals surface area contributed by atoms with Crippen molar-refractivity contribution in [1.29, 1.82) is 0 Å². The Bertz CT molecular complexity index is 479. The number of benzene rings is 1. The molecule has 6 nitrogen and oxygen atoms in total. The van der Waals surface area contributed by atoms with Crippen LogP contribution in [0.4, 0.5) is 15.8 Å². The number of hydrogen-bond donors (Lipinski definition) is 1. The molecule has 0 aromatic heterocycles. The number of anilines is 1. The summed E-state index contributed by atoms with van der Waals surface area (Å²) < 4.78 is 13.3. The second-order valence-electron chi connectivity index (χ2n) is 3.89. The van der Waals surface area contributed by atoms with Gasteiger partial charge in [0.25, 0.3) is 5.69 Å². The minimum absolute atomic E-state index is 0.0327. The first-order chi connectivity index (χ1) is 8.97. The molecule has 0 aliphatic heterocycles. The van der Waals surface area contributed by atoms with Crippen molar-refractivity contribution in [3.63, 3.8) is 0 Å². The summed E-state index contributed by atoms with van der Waals surface area (Å²) in [5.74, 6) is -0.908. The van der Waals surface area contributed by atoms with Crippen LogP contribution in [0.3, 0.4) is 0 Å². The van der Waals surface area contributed by atoms with Crippen LogP contribution in [0.25, 0.3) is 0 Å². The summed E-state index contributed by atoms with van der Waals surface area (Å²) in [6.45, 7) is 4.56. The third-order valence-corrected chi connectivity index (χ3v) is 2.53. The number of amides is 1. The Morgan fingerprint density at radius 1 is 1.42 bits per heavy atom. The van der Waals surface area contributed by atoms with E-state index in [0.717, 1.165) is 6.07 Å². The number of likely N-dealkylation sites (N-methyl/N-ethyl adjacent to an activating group) is 2. The lowest BCUT2D eigenvalue weighted by Gasteiger charge is -2.22. The van der Waals surface area contributed by atoms with Crippen LogP contribution in [0, 0.1) is 15.9 Å². The predicted molar refractivity (Wildman–Crippen MR) is 69.6 cm³/mol. The van der Waals surface area contributed by atoms with Crippen LogP contribution in [-0.4, -0.2) is 30.5 Å². The van der Waals surface area contributed by atoms with Gasteiger partial charge in [-0.3, -0.25) is 14.9 Å². The zero-order valence-electron chi connectivity index (χ0n) is 10.9. The van der Waals surface area contributed by atoms with Crippen LogP contribution >= 0.6 is 0 Å². The number of halogens is 1. The van der Waals surface area contributed by atoms with Gasteiger partial charge in [-0.1, -0.05) is 0 Å². The number of nitro benzene ring substituents is 1. The van der Waals surface area contributed by atoms with Crippen LogP contribution in [0.15, 0.2) is 18.2 Å². The Balaban J connectivity index is 2.97. The molecule has 7 heteroatoms. The molecule has 1 N–H and O–H groups in total. The third-order valence-electron chi connectivity index (χ3n) is 2.53. The number of carbonyl (C=O) groups is 1. The average molecular weight is 269 g/mol. The Morgan fingerprint density at radius 2 is 2.11 bits per heavy atom. The van der Waals surface area contributed by atoms with Crippen LogP contribution in [0.5, 0.6) is 0 Å². The van der Waals surface area contributed by atoms with Gasteiger partial charge >= 0.3 is 0 Å². The van der Waals surface area contributed by atoms with Crippen molar-refractivity contribution < 1.29 is 14.1 Å². The molecular formula is C12H16FN3O3. The molecule has 0 heterocycles. The molecule has 0 atom stereocenters. The molecule has 19 heavy (non-hydrogen) atoms. The van der Waals surface area contributed by atoms with Crippen molar-refractivity contribution in [2.24, 2.45) is 0 Å². The summed E-state index contributed by atoms with van der Waals surface area (Å²) in [5, 5.41) is 13.3. The maximum Gasteiger partial charge on any atom is 0.274 e. The van der Waals surface area contributed by atoms with Gasteiger partial charge in [0, 0.05) is 24.8 Å². The number of non-ortho nitro benzene ring substituents is 1. The van der Waals surface area contributed by atoms with E-state index in [2.05, 4.69) is 5.32 Å². The summed E-state index contributed by atoms with van der Waals surface area (Å²) in [6, 6.07) is 3.28. The van der Waals surface area contributed by atoms with Gasteiger partial charge in [0.05, 0.1) is 17.5 Å². The lowest BCUT2D eigenvalue weighted by atomic mass is 10.2. The topological polar surface area (TPSA) is 75.5 Å². The first-order valence-corrected chi connectivity index (χ1v) is 5.94. The molecule has 0 spiro atoms. The van der Waals surface area contributed by atoms with Crippen LogP contribution < -0.4 is 10.2 Å². The van der Waals surface area contributed by atoms with E-state index >= 15 is 0 Å². The highest BCUT2D eigenvalue weighted by Gasteiger charge is 2.15. The van der Waals surface area contributed by atoms with Crippen molar-refractivity contribution in [2.75, 3.05) is 24.5 Å². The molecule has 0 saturated carbocycles. The molecule has 0 bridgehead atoms. The largest absolute Gasteiger partial charge is 0.362 e. The Hall–Kier alpha value is -2.18. The smallest absolute Gasteiger partial charge is 0.274 e. The SMILES string of the molecule is CCNC(=O)CN(CC)c1cc(F)cc([N+](=O)[O-])c1. The van der Waals surface area contributed by atoms with E-state index in [0.29, 0.717) is 18.8 Å². The average Bonchev–Trinajstić information content (AvgIpc) is 2.35. The highest BCUT2D eigenvalue weighted by molar-refractivity contribution is 5.81. The van der Waals surface area contributed by atoms with E-state index in [4.69, 9.17) is 0 Å². The zero-order chi connectivity index (χ0) is 14.4. The van der Waals surface area contributed by atoms with E-state index in [-0.39, 0.29) is 18.1 Å². The number of rotatable bonds is 6. The molecule has 0 aliphatic carbocycles. The third kappa shape index (κ3) is 4.20. The van der Waals surface area contributed by atoms with Gasteiger partial charge in [-0.05, 0) is 19.9 Å². The summed E-state index contributed by atoms with van der Waals surface area (Å²) in [6.07, 6.45) is 0. The zero-order valence-corrected chi connectivity index (χ0v) is 10.9. The van der Waals surface area contributed by atoms with E-state index in [1.54, 1.807) is 18.7 Å². The minimum atomic E-state index is -0.696. The molecule has 0 fully saturated rings. The fraction of sp³-hybridized carbons (Fsp3) is 0.417. The number of nitro groups is 1. The van der Waals surface area contributed by atoms with Gasteiger partial charge in [0.1, 0.15) is 5.82 Å². The first-order valence-electron chi connectivity index (χ1n) is 5.94. The predicted octanol–water partition coefficient (Wildman–Crippen LogP) is 1.70. The maximum atomic E-state index is 13.3. The van der Waals surface area contributed by atoms with E-state index in [9.17, 15) is 19.3 Å². The van der Waals surface area contributed by atoms with Gasteiger partial charge < -0.3 is 10.2 Å². The standard InChI is InChI=1S/C12H16FN3O3/c1-3-14-12(17)8-15(4-2)10-5-9(13)6-11(7-10)16(18)19/h5-7H,3-4,8H2,1-2H3,(H,14,17). The van der Waals surface area contributed by atoms with Crippen molar-refractivity contribution in [2.45, 2.75) is 13.8 Å². The number of carbonyl (C=O) groups excluding carboxylic acids is 1. The summed E-state index contributed by atoms with van der Waals surface area (Å²) in [7, 11) is 0. The fourth-order valence-corrected chi connectivity index (χ4v) is 1.66. The molecule has 1 aromatic rings. The maximum absolute atomic E-state index is 13.3. The molecular weight excluding hydrogens is 253 g/mol. The van der Waals surface area contributed by atoms with Crippen LogP contribution in [0.2, 0.25) is 0 Å². The van der Waals surface area contributed by atoms with E-state index in [1.165, 1.54) is 12.1 Å². The molecule has 0 aliphatic rings. The fourth-order valence-electron chi connectivity index (χ4n) is 1.66. The highest BCUT2D eigenvalue weighted by Crippen LogP contribution is 2.23. The lowest BCUT2D eigenvalue weighted by Crippen LogP contribution is -2.37. The first kappa shape index (κ1) is 14.9. The van der Waals surface area contributed by atoms with Crippen LogP contribution in [-0.2, 0) is 4.79 Å². The molecule has 1 rings (SSSR count). The van der Waals surface area contributed by atoms with Gasteiger partial charge in [-0.2, -0.15) is 0 Å². The van der Waals surface area contributed by atoms with Gasteiger partial charge in [-0.25, -0.2) is 4.39 Å². The molecule has 1 aromatic carbocycles. The Labute approximate surface area is 110 Å². The van der Waals surface area contributed by atoms with Gasteiger partial charge in [-0.15, -0.1) is 0 Å². The van der Waals surface area contributed by atoms with Gasteiger partial charge in [0.15, 0.2) is 0 Å². The summed E-state index contributed by atoms with van der Waals surface area (Å²) >= 11 is 0. The second kappa shape index (κ2) is 6.67. The highest BCUT2D eigenvalue weighted by atomic mass is 19.1. The molecule has 1 amide bonds. The van der Waals surface area contributed by atoms with Crippen LogP contribution in [0.1, 0.15) is 13.8 Å². The number of nitrogens with zero attached hydrogens (tertiary/aromatic N) is 2. The number of hydrogen-bond acceptors (Lipinski definition) is 4. The Morgan fingerprint density at radius 3 is 2.63 bits per heavy atom. The van der Waals surface area contributed by atoms with Crippen molar-refractivity contribution in [1.82, 2.24) is 5.32 Å². The quantitative estimate of drug-likeness (QED) is 0.630. The van der Waals surface area contributed by atoms with E-state index in [1.807, 2.05) is 0 Å². The van der Waals surface area contributed by atoms with Crippen molar-refractivity contribution in [3.8, 4) is 0 Å². The summed E-state index contributed by atoms with van der Waals surface area (Å²) in [4.78, 5) is 23.1. The minimum Gasteiger partial charge on any atom is -0.362 e. The normalized spacial score (nSPS) is 10.1. The molecule has 0 saturated heterocycles.